The Hall–Kier alpha value is -0.0800. The van der Waals surface area contributed by atoms with Crippen molar-refractivity contribution < 1.29 is 4.74 Å². The molecule has 1 heterocycles. The summed E-state index contributed by atoms with van der Waals surface area (Å²) in [5.74, 6) is 0.928. The van der Waals surface area contributed by atoms with E-state index in [1.54, 1.807) is 0 Å². The SMILES string of the molecule is CC1(CNC2C3(C)CCC(C3)C2(C)C)CCCO1. The molecule has 2 nitrogen and oxygen atoms in total. The first kappa shape index (κ1) is 12.9. The molecule has 18 heavy (non-hydrogen) atoms. The first-order valence-corrected chi connectivity index (χ1v) is 7.73. The zero-order valence-corrected chi connectivity index (χ0v) is 12.5. The molecule has 3 rings (SSSR count). The standard InChI is InChI=1S/C16H29NO/c1-14(2)12-6-8-15(3,10-12)13(14)17-11-16(4)7-5-9-18-16/h12-13,17H,5-11H2,1-4H3. The molecule has 0 spiro atoms. The van der Waals surface area contributed by atoms with Crippen LogP contribution in [0.3, 0.4) is 0 Å². The fourth-order valence-electron chi connectivity index (χ4n) is 5.11. The maximum atomic E-state index is 5.92. The van der Waals surface area contributed by atoms with Crippen LogP contribution in [0, 0.1) is 16.7 Å². The van der Waals surface area contributed by atoms with E-state index in [9.17, 15) is 0 Å². The van der Waals surface area contributed by atoms with E-state index >= 15 is 0 Å². The van der Waals surface area contributed by atoms with Gasteiger partial charge in [-0.15, -0.1) is 0 Å². The lowest BCUT2D eigenvalue weighted by molar-refractivity contribution is 0.00614. The minimum atomic E-state index is 0.0915. The van der Waals surface area contributed by atoms with Crippen LogP contribution in [0.4, 0.5) is 0 Å². The Bertz CT molecular complexity index is 327. The maximum absolute atomic E-state index is 5.92. The fourth-order valence-corrected chi connectivity index (χ4v) is 5.11. The van der Waals surface area contributed by atoms with Crippen LogP contribution in [-0.4, -0.2) is 24.8 Å². The Morgan fingerprint density at radius 2 is 1.94 bits per heavy atom. The van der Waals surface area contributed by atoms with E-state index < -0.39 is 0 Å². The molecule has 0 amide bonds. The molecule has 4 unspecified atom stereocenters. The average molecular weight is 251 g/mol. The van der Waals surface area contributed by atoms with E-state index in [1.165, 1.54) is 32.1 Å². The van der Waals surface area contributed by atoms with E-state index in [1.807, 2.05) is 0 Å². The average Bonchev–Trinajstić information content (AvgIpc) is 2.90. The summed E-state index contributed by atoms with van der Waals surface area (Å²) >= 11 is 0. The number of hydrogen-bond acceptors (Lipinski definition) is 2. The number of nitrogens with one attached hydrogen (secondary N) is 1. The van der Waals surface area contributed by atoms with Crippen LogP contribution < -0.4 is 5.32 Å². The second-order valence-corrected chi connectivity index (χ2v) is 8.13. The predicted octanol–water partition coefficient (Wildman–Crippen LogP) is 3.36. The molecule has 1 aliphatic heterocycles. The minimum absolute atomic E-state index is 0.0915. The Labute approximate surface area is 112 Å². The molecule has 3 fully saturated rings. The Balaban J connectivity index is 1.68. The first-order chi connectivity index (χ1) is 8.36. The van der Waals surface area contributed by atoms with Gasteiger partial charge in [0.05, 0.1) is 5.60 Å². The molecule has 0 radical (unpaired) electrons. The van der Waals surface area contributed by atoms with Crippen LogP contribution in [0.25, 0.3) is 0 Å². The van der Waals surface area contributed by atoms with Crippen LogP contribution >= 0.6 is 0 Å². The molecule has 1 saturated heterocycles. The molecule has 2 heteroatoms. The van der Waals surface area contributed by atoms with Gasteiger partial charge in [-0.2, -0.15) is 0 Å². The van der Waals surface area contributed by atoms with Crippen molar-refractivity contribution in [1.82, 2.24) is 5.32 Å². The van der Waals surface area contributed by atoms with Gasteiger partial charge in [0, 0.05) is 19.2 Å². The number of rotatable bonds is 3. The van der Waals surface area contributed by atoms with Gasteiger partial charge in [-0.05, 0) is 55.8 Å². The summed E-state index contributed by atoms with van der Waals surface area (Å²) in [5, 5.41) is 3.90. The molecule has 2 bridgehead atoms. The highest BCUT2D eigenvalue weighted by Crippen LogP contribution is 2.62. The summed E-state index contributed by atoms with van der Waals surface area (Å²) in [6.45, 7) is 11.7. The second kappa shape index (κ2) is 3.96. The smallest absolute Gasteiger partial charge is 0.0779 e. The lowest BCUT2D eigenvalue weighted by Gasteiger charge is -2.44. The van der Waals surface area contributed by atoms with Crippen molar-refractivity contribution in [2.24, 2.45) is 16.7 Å². The van der Waals surface area contributed by atoms with Gasteiger partial charge in [0.1, 0.15) is 0 Å². The highest BCUT2D eigenvalue weighted by Gasteiger charge is 2.59. The van der Waals surface area contributed by atoms with Gasteiger partial charge in [0.15, 0.2) is 0 Å². The van der Waals surface area contributed by atoms with E-state index in [2.05, 4.69) is 33.0 Å². The zero-order valence-electron chi connectivity index (χ0n) is 12.5. The molecule has 0 aromatic rings. The predicted molar refractivity (Wildman–Crippen MR) is 74.6 cm³/mol. The van der Waals surface area contributed by atoms with Crippen molar-refractivity contribution in [3.05, 3.63) is 0 Å². The topological polar surface area (TPSA) is 21.3 Å². The summed E-state index contributed by atoms with van der Waals surface area (Å²) in [6.07, 6.45) is 6.72. The summed E-state index contributed by atoms with van der Waals surface area (Å²) < 4.78 is 5.92. The van der Waals surface area contributed by atoms with E-state index in [4.69, 9.17) is 4.74 Å². The third-order valence-electron chi connectivity index (χ3n) is 6.25. The van der Waals surface area contributed by atoms with E-state index in [-0.39, 0.29) is 5.60 Å². The van der Waals surface area contributed by atoms with Crippen LogP contribution in [0.2, 0.25) is 0 Å². The second-order valence-electron chi connectivity index (χ2n) is 8.13. The summed E-state index contributed by atoms with van der Waals surface area (Å²) in [4.78, 5) is 0. The van der Waals surface area contributed by atoms with Gasteiger partial charge in [-0.3, -0.25) is 0 Å². The van der Waals surface area contributed by atoms with Gasteiger partial charge < -0.3 is 10.1 Å². The van der Waals surface area contributed by atoms with Crippen LogP contribution in [-0.2, 0) is 4.74 Å². The Morgan fingerprint density at radius 1 is 1.17 bits per heavy atom. The van der Waals surface area contributed by atoms with Gasteiger partial charge in [0.25, 0.3) is 0 Å². The zero-order chi connectivity index (χ0) is 13.0. The maximum Gasteiger partial charge on any atom is 0.0779 e. The highest BCUT2D eigenvalue weighted by atomic mass is 16.5. The molecule has 2 aliphatic carbocycles. The van der Waals surface area contributed by atoms with Gasteiger partial charge in [-0.25, -0.2) is 0 Å². The highest BCUT2D eigenvalue weighted by molar-refractivity contribution is 5.12. The van der Waals surface area contributed by atoms with Crippen molar-refractivity contribution in [1.29, 1.82) is 0 Å². The summed E-state index contributed by atoms with van der Waals surface area (Å²) in [6, 6.07) is 0.671. The molecule has 0 aromatic carbocycles. The number of ether oxygens (including phenoxy) is 1. The molecule has 0 aromatic heterocycles. The van der Waals surface area contributed by atoms with Crippen LogP contribution in [0.1, 0.15) is 59.8 Å². The Kier molecular flexibility index (Phi) is 2.84. The van der Waals surface area contributed by atoms with E-state index in [0.717, 1.165) is 19.1 Å². The van der Waals surface area contributed by atoms with Gasteiger partial charge in [-0.1, -0.05) is 20.8 Å². The molecular formula is C16H29NO. The molecular weight excluding hydrogens is 222 g/mol. The van der Waals surface area contributed by atoms with E-state index in [0.29, 0.717) is 16.9 Å². The van der Waals surface area contributed by atoms with Gasteiger partial charge >= 0.3 is 0 Å². The third-order valence-corrected chi connectivity index (χ3v) is 6.25. The summed E-state index contributed by atoms with van der Waals surface area (Å²) in [7, 11) is 0. The molecule has 1 N–H and O–H groups in total. The van der Waals surface area contributed by atoms with Crippen LogP contribution in [0.15, 0.2) is 0 Å². The first-order valence-electron chi connectivity index (χ1n) is 7.73. The van der Waals surface area contributed by atoms with Crippen molar-refractivity contribution >= 4 is 0 Å². The normalized spacial score (nSPS) is 50.0. The summed E-state index contributed by atoms with van der Waals surface area (Å²) in [5.41, 5.74) is 1.08. The fraction of sp³-hybridized carbons (Fsp3) is 1.00. The lowest BCUT2D eigenvalue weighted by atomic mass is 9.68. The Morgan fingerprint density at radius 3 is 2.50 bits per heavy atom. The van der Waals surface area contributed by atoms with Crippen molar-refractivity contribution in [3.63, 3.8) is 0 Å². The van der Waals surface area contributed by atoms with Crippen LogP contribution in [0.5, 0.6) is 0 Å². The quantitative estimate of drug-likeness (QED) is 0.830. The molecule has 2 saturated carbocycles. The third kappa shape index (κ3) is 1.84. The number of fused-ring (bicyclic) bond motifs is 2. The molecule has 4 atom stereocenters. The van der Waals surface area contributed by atoms with Gasteiger partial charge in [0.2, 0.25) is 0 Å². The largest absolute Gasteiger partial charge is 0.374 e. The molecule has 104 valence electrons. The van der Waals surface area contributed by atoms with Crippen molar-refractivity contribution in [2.45, 2.75) is 71.4 Å². The minimum Gasteiger partial charge on any atom is -0.374 e. The van der Waals surface area contributed by atoms with Crippen molar-refractivity contribution in [3.8, 4) is 0 Å². The van der Waals surface area contributed by atoms with Crippen molar-refractivity contribution in [2.75, 3.05) is 13.2 Å². The monoisotopic (exact) mass is 251 g/mol. The number of hydrogen-bond donors (Lipinski definition) is 1. The molecule has 3 aliphatic rings. The lowest BCUT2D eigenvalue weighted by Crippen LogP contribution is -2.54.